The molecule has 7 heteroatoms. The van der Waals surface area contributed by atoms with Crippen molar-refractivity contribution < 1.29 is 18.7 Å². The monoisotopic (exact) mass is 495 g/mol. The van der Waals surface area contributed by atoms with Gasteiger partial charge in [-0.25, -0.2) is 4.39 Å². The van der Waals surface area contributed by atoms with Crippen LogP contribution in [0.1, 0.15) is 60.1 Å². The molecule has 2 aromatic rings. The maximum absolute atomic E-state index is 13.7. The van der Waals surface area contributed by atoms with Gasteiger partial charge >= 0.3 is 0 Å². The molecule has 2 amide bonds. The molecule has 36 heavy (non-hydrogen) atoms. The summed E-state index contributed by atoms with van der Waals surface area (Å²) in [5, 5.41) is 3.15. The van der Waals surface area contributed by atoms with Gasteiger partial charge in [-0.05, 0) is 60.5 Å². The minimum absolute atomic E-state index is 0.118. The second kappa shape index (κ2) is 12.0. The Hall–Kier alpha value is -2.77. The molecule has 1 N–H and O–H groups in total. The summed E-state index contributed by atoms with van der Waals surface area (Å²) in [6, 6.07) is 12.9. The van der Waals surface area contributed by atoms with Gasteiger partial charge in [-0.1, -0.05) is 44.2 Å². The quantitative estimate of drug-likeness (QED) is 0.529. The number of methoxy groups -OCH3 is 1. The number of carbonyl (C=O) groups is 2. The minimum Gasteiger partial charge on any atom is -0.383 e. The number of nitrogens with zero attached hydrogens (tertiary/aromatic N) is 2. The molecule has 0 radical (unpaired) electrons. The number of hydrogen-bond donors (Lipinski definition) is 1. The van der Waals surface area contributed by atoms with Crippen molar-refractivity contribution in [1.29, 1.82) is 0 Å². The number of halogens is 1. The van der Waals surface area contributed by atoms with Gasteiger partial charge in [0.2, 0.25) is 5.91 Å². The van der Waals surface area contributed by atoms with Crippen molar-refractivity contribution >= 4 is 11.8 Å². The average molecular weight is 496 g/mol. The van der Waals surface area contributed by atoms with Gasteiger partial charge in [-0.2, -0.15) is 0 Å². The number of hydrogen-bond acceptors (Lipinski definition) is 4. The predicted molar refractivity (Wildman–Crippen MR) is 138 cm³/mol. The molecule has 1 saturated heterocycles. The highest BCUT2D eigenvalue weighted by molar-refractivity contribution is 6.01. The van der Waals surface area contributed by atoms with Crippen molar-refractivity contribution in [3.8, 4) is 0 Å². The molecule has 2 heterocycles. The number of ether oxygens (including phenoxy) is 1. The standard InChI is InChI=1S/C29H38FN3O3/c1-20-17-21(2)19-32(18-20)14-6-13-31-28(34)26-24-7-4-5-8-25(24)29(35)33(15-16-36-3)27(26)22-9-11-23(30)12-10-22/h4-5,7-12,20-21,26-27H,6,13-19H2,1-3H3,(H,31,34). The van der Waals surface area contributed by atoms with Crippen molar-refractivity contribution in [2.45, 2.75) is 38.6 Å². The van der Waals surface area contributed by atoms with Crippen LogP contribution in [-0.2, 0) is 9.53 Å². The van der Waals surface area contributed by atoms with E-state index in [2.05, 4.69) is 24.1 Å². The third-order valence-electron chi connectivity index (χ3n) is 7.36. The summed E-state index contributed by atoms with van der Waals surface area (Å²) in [5.74, 6) is 0.188. The van der Waals surface area contributed by atoms with Crippen LogP contribution in [0.4, 0.5) is 4.39 Å². The van der Waals surface area contributed by atoms with Gasteiger partial charge in [-0.3, -0.25) is 9.59 Å². The van der Waals surface area contributed by atoms with Crippen LogP contribution in [0.5, 0.6) is 0 Å². The molecule has 2 aromatic carbocycles. The summed E-state index contributed by atoms with van der Waals surface area (Å²) in [7, 11) is 1.59. The van der Waals surface area contributed by atoms with E-state index < -0.39 is 12.0 Å². The van der Waals surface area contributed by atoms with E-state index in [1.165, 1.54) is 18.6 Å². The zero-order valence-corrected chi connectivity index (χ0v) is 21.6. The van der Waals surface area contributed by atoms with Crippen LogP contribution in [0.15, 0.2) is 48.5 Å². The number of fused-ring (bicyclic) bond motifs is 1. The highest BCUT2D eigenvalue weighted by atomic mass is 19.1. The number of amides is 2. The predicted octanol–water partition coefficient (Wildman–Crippen LogP) is 4.24. The van der Waals surface area contributed by atoms with Gasteiger partial charge in [0.25, 0.3) is 5.91 Å². The molecule has 2 aliphatic heterocycles. The van der Waals surface area contributed by atoms with Crippen molar-refractivity contribution in [3.63, 3.8) is 0 Å². The Labute approximate surface area is 213 Å². The van der Waals surface area contributed by atoms with Gasteiger partial charge in [0.05, 0.1) is 18.6 Å². The molecular weight excluding hydrogens is 457 g/mol. The third kappa shape index (κ3) is 5.95. The first kappa shape index (κ1) is 26.3. The molecule has 0 bridgehead atoms. The number of piperidine rings is 1. The number of nitrogens with one attached hydrogen (secondary N) is 1. The van der Waals surface area contributed by atoms with Gasteiger partial charge in [-0.15, -0.1) is 0 Å². The molecule has 0 spiro atoms. The van der Waals surface area contributed by atoms with Crippen molar-refractivity contribution in [1.82, 2.24) is 15.1 Å². The summed E-state index contributed by atoms with van der Waals surface area (Å²) < 4.78 is 19.0. The van der Waals surface area contributed by atoms with E-state index in [0.717, 1.165) is 31.6 Å². The number of carbonyl (C=O) groups excluding carboxylic acids is 2. The van der Waals surface area contributed by atoms with Crippen LogP contribution in [0, 0.1) is 17.7 Å². The van der Waals surface area contributed by atoms with E-state index in [1.54, 1.807) is 30.2 Å². The molecule has 0 aliphatic carbocycles. The van der Waals surface area contributed by atoms with E-state index in [1.807, 2.05) is 18.2 Å². The molecule has 4 unspecified atom stereocenters. The smallest absolute Gasteiger partial charge is 0.254 e. The van der Waals surface area contributed by atoms with Crippen molar-refractivity contribution in [2.24, 2.45) is 11.8 Å². The van der Waals surface area contributed by atoms with Gasteiger partial charge < -0.3 is 19.9 Å². The molecule has 4 atom stereocenters. The normalized spacial score (nSPS) is 24.4. The van der Waals surface area contributed by atoms with Gasteiger partial charge in [0.1, 0.15) is 5.82 Å². The SMILES string of the molecule is COCCN1C(=O)c2ccccc2C(C(=O)NCCCN2CC(C)CC(C)C2)C1c1ccc(F)cc1. The Kier molecular flexibility index (Phi) is 8.75. The maximum atomic E-state index is 13.7. The van der Waals surface area contributed by atoms with E-state index in [-0.39, 0.29) is 17.6 Å². The fourth-order valence-electron chi connectivity index (χ4n) is 5.94. The van der Waals surface area contributed by atoms with E-state index in [9.17, 15) is 14.0 Å². The Balaban J connectivity index is 1.55. The highest BCUT2D eigenvalue weighted by Crippen LogP contribution is 2.42. The van der Waals surface area contributed by atoms with Crippen LogP contribution in [0.25, 0.3) is 0 Å². The lowest BCUT2D eigenvalue weighted by Crippen LogP contribution is -2.48. The molecule has 0 saturated carbocycles. The summed E-state index contributed by atoms with van der Waals surface area (Å²) in [6.07, 6.45) is 2.14. The lowest BCUT2D eigenvalue weighted by molar-refractivity contribution is -0.124. The van der Waals surface area contributed by atoms with E-state index in [4.69, 9.17) is 4.74 Å². The van der Waals surface area contributed by atoms with Crippen LogP contribution in [0.2, 0.25) is 0 Å². The highest BCUT2D eigenvalue weighted by Gasteiger charge is 2.43. The van der Waals surface area contributed by atoms with Crippen LogP contribution >= 0.6 is 0 Å². The minimum atomic E-state index is -0.601. The Bertz CT molecular complexity index is 1030. The summed E-state index contributed by atoms with van der Waals surface area (Å²) in [6.45, 7) is 9.02. The molecule has 2 aliphatic rings. The van der Waals surface area contributed by atoms with Gasteiger partial charge in [0, 0.05) is 38.9 Å². The molecule has 4 rings (SSSR count). The third-order valence-corrected chi connectivity index (χ3v) is 7.36. The molecule has 194 valence electrons. The second-order valence-electron chi connectivity index (χ2n) is 10.4. The Morgan fingerprint density at radius 3 is 2.44 bits per heavy atom. The number of rotatable bonds is 9. The molecule has 0 aromatic heterocycles. The zero-order valence-electron chi connectivity index (χ0n) is 21.6. The van der Waals surface area contributed by atoms with Crippen LogP contribution in [-0.4, -0.2) is 68.1 Å². The lowest BCUT2D eigenvalue weighted by atomic mass is 9.79. The number of likely N-dealkylation sites (tertiary alicyclic amines) is 1. The maximum Gasteiger partial charge on any atom is 0.254 e. The second-order valence-corrected chi connectivity index (χ2v) is 10.4. The number of benzene rings is 2. The average Bonchev–Trinajstić information content (AvgIpc) is 2.86. The van der Waals surface area contributed by atoms with Crippen molar-refractivity contribution in [3.05, 3.63) is 71.0 Å². The Morgan fingerprint density at radius 2 is 1.75 bits per heavy atom. The van der Waals surface area contributed by atoms with Crippen LogP contribution in [0.3, 0.4) is 0 Å². The molecule has 6 nitrogen and oxygen atoms in total. The summed E-state index contributed by atoms with van der Waals surface area (Å²) >= 11 is 0. The fourth-order valence-corrected chi connectivity index (χ4v) is 5.94. The topological polar surface area (TPSA) is 61.9 Å². The lowest BCUT2D eigenvalue weighted by Gasteiger charge is -2.41. The first-order valence-corrected chi connectivity index (χ1v) is 13.0. The Morgan fingerprint density at radius 1 is 1.06 bits per heavy atom. The fraction of sp³-hybridized carbons (Fsp3) is 0.517. The van der Waals surface area contributed by atoms with E-state index >= 15 is 0 Å². The summed E-state index contributed by atoms with van der Waals surface area (Å²) in [4.78, 5) is 31.4. The molecular formula is C29H38FN3O3. The largest absolute Gasteiger partial charge is 0.383 e. The van der Waals surface area contributed by atoms with Crippen molar-refractivity contribution in [2.75, 3.05) is 46.4 Å². The first-order valence-electron chi connectivity index (χ1n) is 13.0. The van der Waals surface area contributed by atoms with E-state index in [0.29, 0.717) is 42.7 Å². The van der Waals surface area contributed by atoms with Gasteiger partial charge in [0.15, 0.2) is 0 Å². The zero-order chi connectivity index (χ0) is 25.7. The first-order chi connectivity index (χ1) is 17.4. The molecule has 1 fully saturated rings. The summed E-state index contributed by atoms with van der Waals surface area (Å²) in [5.41, 5.74) is 1.97. The van der Waals surface area contributed by atoms with Crippen LogP contribution < -0.4 is 5.32 Å².